The number of hydrogen-bond acceptors (Lipinski definition) is 4. The molecule has 0 aromatic carbocycles. The topological polar surface area (TPSA) is 65.5 Å². The van der Waals surface area contributed by atoms with Crippen molar-refractivity contribution >= 4 is 11.6 Å². The number of likely N-dealkylation sites (N-methyl/N-ethyl adjacent to an activating group) is 1. The molecule has 0 aliphatic carbocycles. The van der Waals surface area contributed by atoms with Crippen molar-refractivity contribution in [1.82, 2.24) is 9.88 Å². The first-order valence-electron chi connectivity index (χ1n) is 6.02. The van der Waals surface area contributed by atoms with Gasteiger partial charge in [-0.2, -0.15) is 0 Å². The lowest BCUT2D eigenvalue weighted by Gasteiger charge is -2.28. The maximum atomic E-state index is 12.4. The Hall–Kier alpha value is -1.62. The number of nitrogens with one attached hydrogen (secondary N) is 1. The highest BCUT2D eigenvalue weighted by atomic mass is 16.3. The summed E-state index contributed by atoms with van der Waals surface area (Å²) in [6, 6.07) is 1.68. The van der Waals surface area contributed by atoms with Gasteiger partial charge in [-0.05, 0) is 26.8 Å². The van der Waals surface area contributed by atoms with E-state index in [1.807, 2.05) is 6.92 Å². The van der Waals surface area contributed by atoms with E-state index in [-0.39, 0.29) is 5.91 Å². The zero-order valence-electron chi connectivity index (χ0n) is 11.4. The molecule has 0 bridgehead atoms. The Morgan fingerprint density at radius 1 is 1.56 bits per heavy atom. The van der Waals surface area contributed by atoms with Gasteiger partial charge in [-0.3, -0.25) is 9.78 Å². The molecule has 18 heavy (non-hydrogen) atoms. The van der Waals surface area contributed by atoms with Crippen molar-refractivity contribution in [2.45, 2.75) is 26.4 Å². The lowest BCUT2D eigenvalue weighted by atomic mass is 10.1. The first kappa shape index (κ1) is 14.4. The molecule has 0 unspecified atom stereocenters. The van der Waals surface area contributed by atoms with E-state index in [0.29, 0.717) is 24.3 Å². The maximum Gasteiger partial charge on any atom is 0.256 e. The third-order valence-corrected chi connectivity index (χ3v) is 2.57. The van der Waals surface area contributed by atoms with Gasteiger partial charge in [-0.1, -0.05) is 0 Å². The van der Waals surface area contributed by atoms with E-state index in [4.69, 9.17) is 0 Å². The van der Waals surface area contributed by atoms with Crippen molar-refractivity contribution in [2.24, 2.45) is 0 Å². The smallest absolute Gasteiger partial charge is 0.256 e. The second-order valence-corrected chi connectivity index (χ2v) is 4.80. The van der Waals surface area contributed by atoms with Gasteiger partial charge in [-0.25, -0.2) is 0 Å². The molecular weight excluding hydrogens is 230 g/mol. The van der Waals surface area contributed by atoms with Crippen LogP contribution in [0, 0.1) is 0 Å². The third kappa shape index (κ3) is 3.70. The minimum absolute atomic E-state index is 0.105. The number of carbonyl (C=O) groups excluding carboxylic acids is 1. The van der Waals surface area contributed by atoms with Crippen molar-refractivity contribution in [3.8, 4) is 0 Å². The Morgan fingerprint density at radius 2 is 2.22 bits per heavy atom. The molecule has 0 saturated heterocycles. The Labute approximate surface area is 108 Å². The molecule has 100 valence electrons. The summed E-state index contributed by atoms with van der Waals surface area (Å²) in [5.74, 6) is -0.105. The second kappa shape index (κ2) is 5.82. The number of aromatic nitrogens is 1. The monoisotopic (exact) mass is 251 g/mol. The van der Waals surface area contributed by atoms with E-state index in [1.54, 1.807) is 44.3 Å². The molecule has 0 aliphatic heterocycles. The molecule has 5 nitrogen and oxygen atoms in total. The summed E-state index contributed by atoms with van der Waals surface area (Å²) >= 11 is 0. The quantitative estimate of drug-likeness (QED) is 0.829. The fraction of sp³-hybridized carbons (Fsp3) is 0.538. The summed E-state index contributed by atoms with van der Waals surface area (Å²) in [7, 11) is 1.75. The number of carbonyl (C=O) groups is 1. The Bertz CT molecular complexity index is 413. The molecule has 0 fully saturated rings. The molecule has 1 aromatic rings. The third-order valence-electron chi connectivity index (χ3n) is 2.57. The number of pyridine rings is 1. The Kier molecular flexibility index (Phi) is 4.67. The van der Waals surface area contributed by atoms with Crippen LogP contribution in [-0.2, 0) is 0 Å². The average molecular weight is 251 g/mol. The van der Waals surface area contributed by atoms with Gasteiger partial charge in [0.2, 0.25) is 0 Å². The normalized spacial score (nSPS) is 11.2. The zero-order valence-corrected chi connectivity index (χ0v) is 11.4. The fourth-order valence-electron chi connectivity index (χ4n) is 1.74. The number of anilines is 1. The number of hydrogen-bond donors (Lipinski definition) is 2. The first-order chi connectivity index (χ1) is 8.39. The summed E-state index contributed by atoms with van der Waals surface area (Å²) < 4.78 is 0. The molecule has 1 amide bonds. The minimum atomic E-state index is -0.904. The van der Waals surface area contributed by atoms with Crippen LogP contribution in [0.3, 0.4) is 0 Å². The van der Waals surface area contributed by atoms with E-state index in [9.17, 15) is 9.90 Å². The van der Waals surface area contributed by atoms with Gasteiger partial charge in [-0.15, -0.1) is 0 Å². The SMILES string of the molecule is CCN(CC(C)(C)O)C(=O)c1ccncc1NC. The first-order valence-corrected chi connectivity index (χ1v) is 6.02. The highest BCUT2D eigenvalue weighted by Crippen LogP contribution is 2.16. The molecule has 0 saturated carbocycles. The van der Waals surface area contributed by atoms with Crippen LogP contribution in [0.15, 0.2) is 18.5 Å². The zero-order chi connectivity index (χ0) is 13.8. The summed E-state index contributed by atoms with van der Waals surface area (Å²) in [6.07, 6.45) is 3.21. The maximum absolute atomic E-state index is 12.4. The van der Waals surface area contributed by atoms with Crippen LogP contribution < -0.4 is 5.32 Å². The van der Waals surface area contributed by atoms with Crippen LogP contribution in [0.25, 0.3) is 0 Å². The highest BCUT2D eigenvalue weighted by Gasteiger charge is 2.23. The molecule has 2 N–H and O–H groups in total. The summed E-state index contributed by atoms with van der Waals surface area (Å²) in [5, 5.41) is 12.8. The van der Waals surface area contributed by atoms with E-state index >= 15 is 0 Å². The fourth-order valence-corrected chi connectivity index (χ4v) is 1.74. The molecular formula is C13H21N3O2. The minimum Gasteiger partial charge on any atom is -0.389 e. The van der Waals surface area contributed by atoms with Gasteiger partial charge < -0.3 is 15.3 Å². The van der Waals surface area contributed by atoms with Gasteiger partial charge >= 0.3 is 0 Å². The number of aliphatic hydroxyl groups is 1. The van der Waals surface area contributed by atoms with Crippen LogP contribution in [0.1, 0.15) is 31.1 Å². The van der Waals surface area contributed by atoms with Crippen LogP contribution in [0.5, 0.6) is 0 Å². The van der Waals surface area contributed by atoms with Crippen molar-refractivity contribution in [1.29, 1.82) is 0 Å². The van der Waals surface area contributed by atoms with Gasteiger partial charge in [0, 0.05) is 26.3 Å². The second-order valence-electron chi connectivity index (χ2n) is 4.80. The molecule has 1 aromatic heterocycles. The standard InChI is InChI=1S/C13H21N3O2/c1-5-16(9-13(2,3)18)12(17)10-6-7-15-8-11(10)14-4/h6-8,14,18H,5,9H2,1-4H3. The predicted molar refractivity (Wildman–Crippen MR) is 71.7 cm³/mol. The highest BCUT2D eigenvalue weighted by molar-refractivity contribution is 5.99. The van der Waals surface area contributed by atoms with E-state index < -0.39 is 5.60 Å². The Morgan fingerprint density at radius 3 is 2.72 bits per heavy atom. The molecule has 5 heteroatoms. The number of rotatable bonds is 5. The molecule has 1 rings (SSSR count). The van der Waals surface area contributed by atoms with Gasteiger partial charge in [0.05, 0.1) is 23.0 Å². The summed E-state index contributed by atoms with van der Waals surface area (Å²) in [6.45, 7) is 6.12. The molecule has 0 spiro atoms. The van der Waals surface area contributed by atoms with Crippen molar-refractivity contribution in [3.63, 3.8) is 0 Å². The van der Waals surface area contributed by atoms with E-state index in [0.717, 1.165) is 0 Å². The average Bonchev–Trinajstić information content (AvgIpc) is 2.34. The number of nitrogens with zero attached hydrogens (tertiary/aromatic N) is 2. The predicted octanol–water partition coefficient (Wildman–Crippen LogP) is 1.36. The van der Waals surface area contributed by atoms with Crippen LogP contribution in [0.2, 0.25) is 0 Å². The van der Waals surface area contributed by atoms with Gasteiger partial charge in [0.15, 0.2) is 0 Å². The number of amides is 1. The molecule has 0 radical (unpaired) electrons. The van der Waals surface area contributed by atoms with E-state index in [2.05, 4.69) is 10.3 Å². The van der Waals surface area contributed by atoms with Crippen molar-refractivity contribution in [3.05, 3.63) is 24.0 Å². The van der Waals surface area contributed by atoms with Crippen LogP contribution in [0.4, 0.5) is 5.69 Å². The van der Waals surface area contributed by atoms with Crippen LogP contribution >= 0.6 is 0 Å². The molecule has 1 heterocycles. The van der Waals surface area contributed by atoms with Crippen LogP contribution in [-0.4, -0.2) is 46.6 Å². The van der Waals surface area contributed by atoms with Gasteiger partial charge in [0.25, 0.3) is 5.91 Å². The van der Waals surface area contributed by atoms with Crippen molar-refractivity contribution in [2.75, 3.05) is 25.5 Å². The van der Waals surface area contributed by atoms with Gasteiger partial charge in [0.1, 0.15) is 0 Å². The summed E-state index contributed by atoms with van der Waals surface area (Å²) in [5.41, 5.74) is 0.355. The molecule has 0 aliphatic rings. The molecule has 0 atom stereocenters. The van der Waals surface area contributed by atoms with Crippen molar-refractivity contribution < 1.29 is 9.90 Å². The Balaban J connectivity index is 2.97. The largest absolute Gasteiger partial charge is 0.389 e. The lowest BCUT2D eigenvalue weighted by Crippen LogP contribution is -2.42. The lowest BCUT2D eigenvalue weighted by molar-refractivity contribution is 0.0315. The van der Waals surface area contributed by atoms with E-state index in [1.165, 1.54) is 0 Å². The summed E-state index contributed by atoms with van der Waals surface area (Å²) in [4.78, 5) is 18.0.